The maximum Gasteiger partial charge on any atom is 0.277 e. The van der Waals surface area contributed by atoms with Gasteiger partial charge < -0.3 is 4.74 Å². The Bertz CT molecular complexity index is 835. The second kappa shape index (κ2) is 6.37. The average Bonchev–Trinajstić information content (AvgIpc) is 2.46. The molecule has 22 heavy (non-hydrogen) atoms. The Labute approximate surface area is 135 Å². The van der Waals surface area contributed by atoms with Crippen LogP contribution in [0.3, 0.4) is 0 Å². The molecule has 0 unspecified atom stereocenters. The summed E-state index contributed by atoms with van der Waals surface area (Å²) in [6.07, 6.45) is 4.05. The fourth-order valence-electron chi connectivity index (χ4n) is 1.69. The van der Waals surface area contributed by atoms with Gasteiger partial charge in [0, 0.05) is 16.9 Å². The number of amides is 1. The van der Waals surface area contributed by atoms with Crippen molar-refractivity contribution in [3.63, 3.8) is 0 Å². The summed E-state index contributed by atoms with van der Waals surface area (Å²) in [6.45, 7) is 3.15. The number of carbonyl (C=O) groups is 1. The molecule has 2 aromatic rings. The lowest BCUT2D eigenvalue weighted by Crippen LogP contribution is -2.05. The SMILES string of the molecule is C=NC(=O)c1cc(S(C)(=O)=O)c(Oc2cccnc2)cc1Br. The minimum Gasteiger partial charge on any atom is -0.454 e. The summed E-state index contributed by atoms with van der Waals surface area (Å²) in [5.74, 6) is -0.173. The van der Waals surface area contributed by atoms with E-state index in [1.807, 2.05) is 0 Å². The molecule has 1 aromatic carbocycles. The standard InChI is InChI=1S/C14H11BrN2O4S/c1-16-14(18)10-6-13(22(2,19)20)12(7-11(10)15)21-9-4-3-5-17-8-9/h3-8H,1H2,2H3. The summed E-state index contributed by atoms with van der Waals surface area (Å²) in [5.41, 5.74) is 0.0916. The zero-order chi connectivity index (χ0) is 16.3. The number of aromatic nitrogens is 1. The van der Waals surface area contributed by atoms with Crippen molar-refractivity contribution < 1.29 is 17.9 Å². The van der Waals surface area contributed by atoms with E-state index < -0.39 is 15.7 Å². The number of sulfone groups is 1. The number of rotatable bonds is 4. The minimum atomic E-state index is -3.62. The van der Waals surface area contributed by atoms with Gasteiger partial charge in [0.1, 0.15) is 16.4 Å². The number of aliphatic imine (C=N–C) groups is 1. The van der Waals surface area contributed by atoms with E-state index in [0.29, 0.717) is 10.2 Å². The lowest BCUT2D eigenvalue weighted by molar-refractivity contribution is 0.100. The van der Waals surface area contributed by atoms with Crippen molar-refractivity contribution in [1.29, 1.82) is 0 Å². The van der Waals surface area contributed by atoms with E-state index >= 15 is 0 Å². The summed E-state index contributed by atoms with van der Waals surface area (Å²) >= 11 is 3.20. The molecule has 0 bridgehead atoms. The predicted octanol–water partition coefficient (Wildman–Crippen LogP) is 2.88. The molecule has 0 radical (unpaired) electrons. The number of carbonyl (C=O) groups excluding carboxylic acids is 1. The topological polar surface area (TPSA) is 85.7 Å². The molecule has 0 aliphatic heterocycles. The maximum absolute atomic E-state index is 11.9. The summed E-state index contributed by atoms with van der Waals surface area (Å²) in [7, 11) is -3.62. The van der Waals surface area contributed by atoms with E-state index in [1.54, 1.807) is 18.3 Å². The minimum absolute atomic E-state index is 0.0861. The number of ether oxygens (including phenoxy) is 1. The summed E-state index contributed by atoms with van der Waals surface area (Å²) in [4.78, 5) is 18.7. The number of pyridine rings is 1. The Morgan fingerprint density at radius 1 is 1.41 bits per heavy atom. The molecule has 114 valence electrons. The van der Waals surface area contributed by atoms with Gasteiger partial charge in [-0.3, -0.25) is 9.78 Å². The first-order valence-corrected chi connectivity index (χ1v) is 8.64. The van der Waals surface area contributed by atoms with E-state index in [4.69, 9.17) is 4.74 Å². The van der Waals surface area contributed by atoms with Crippen molar-refractivity contribution in [2.75, 3.05) is 6.26 Å². The number of nitrogens with zero attached hydrogens (tertiary/aromatic N) is 2. The van der Waals surface area contributed by atoms with E-state index in [1.165, 1.54) is 18.3 Å². The van der Waals surface area contributed by atoms with Crippen LogP contribution in [0.1, 0.15) is 10.4 Å². The fraction of sp³-hybridized carbons (Fsp3) is 0.0714. The fourth-order valence-corrected chi connectivity index (χ4v) is 2.98. The summed E-state index contributed by atoms with van der Waals surface area (Å²) in [5, 5.41) is 0. The van der Waals surface area contributed by atoms with Crippen molar-refractivity contribution in [3.05, 3.63) is 46.7 Å². The monoisotopic (exact) mass is 382 g/mol. The van der Waals surface area contributed by atoms with Crippen LogP contribution in [0.2, 0.25) is 0 Å². The second-order valence-corrected chi connectivity index (χ2v) is 7.14. The maximum atomic E-state index is 11.9. The molecule has 0 N–H and O–H groups in total. The quantitative estimate of drug-likeness (QED) is 0.758. The molecule has 0 fully saturated rings. The van der Waals surface area contributed by atoms with Gasteiger partial charge in [-0.15, -0.1) is 0 Å². The Morgan fingerprint density at radius 3 is 2.68 bits per heavy atom. The molecule has 2 rings (SSSR count). The molecule has 0 saturated carbocycles. The van der Waals surface area contributed by atoms with Crippen LogP contribution >= 0.6 is 15.9 Å². The first kappa shape index (κ1) is 16.3. The molecule has 1 aromatic heterocycles. The first-order chi connectivity index (χ1) is 10.3. The van der Waals surface area contributed by atoms with Crippen LogP contribution in [-0.2, 0) is 9.84 Å². The van der Waals surface area contributed by atoms with Crippen molar-refractivity contribution in [1.82, 2.24) is 4.98 Å². The number of hydrogen-bond acceptors (Lipinski definition) is 5. The highest BCUT2D eigenvalue weighted by Crippen LogP contribution is 2.34. The van der Waals surface area contributed by atoms with Gasteiger partial charge >= 0.3 is 0 Å². The Kier molecular flexibility index (Phi) is 4.72. The highest BCUT2D eigenvalue weighted by molar-refractivity contribution is 9.10. The molecular formula is C14H11BrN2O4S. The predicted molar refractivity (Wildman–Crippen MR) is 85.4 cm³/mol. The Balaban J connectivity index is 2.60. The third-order valence-electron chi connectivity index (χ3n) is 2.67. The van der Waals surface area contributed by atoms with Gasteiger partial charge in [-0.2, -0.15) is 0 Å². The van der Waals surface area contributed by atoms with E-state index in [-0.39, 0.29) is 16.2 Å². The van der Waals surface area contributed by atoms with Crippen LogP contribution in [-0.4, -0.2) is 32.3 Å². The van der Waals surface area contributed by atoms with Crippen LogP contribution in [0.15, 0.2) is 51.0 Å². The molecule has 0 aliphatic rings. The summed E-state index contributed by atoms with van der Waals surface area (Å²) < 4.78 is 29.8. The highest BCUT2D eigenvalue weighted by atomic mass is 79.9. The van der Waals surface area contributed by atoms with Gasteiger partial charge in [-0.25, -0.2) is 13.4 Å². The molecule has 0 aliphatic carbocycles. The molecule has 1 heterocycles. The molecule has 0 spiro atoms. The molecule has 6 nitrogen and oxygen atoms in total. The van der Waals surface area contributed by atoms with E-state index in [9.17, 15) is 13.2 Å². The largest absolute Gasteiger partial charge is 0.454 e. The lowest BCUT2D eigenvalue weighted by Gasteiger charge is -2.12. The van der Waals surface area contributed by atoms with Crippen LogP contribution in [0.5, 0.6) is 11.5 Å². The zero-order valence-corrected chi connectivity index (χ0v) is 13.9. The van der Waals surface area contributed by atoms with Crippen LogP contribution < -0.4 is 4.74 Å². The average molecular weight is 383 g/mol. The van der Waals surface area contributed by atoms with Gasteiger partial charge in [0.25, 0.3) is 5.91 Å². The van der Waals surface area contributed by atoms with E-state index in [0.717, 1.165) is 6.26 Å². The second-order valence-electron chi connectivity index (χ2n) is 4.31. The summed E-state index contributed by atoms with van der Waals surface area (Å²) in [6, 6.07) is 5.91. The smallest absolute Gasteiger partial charge is 0.277 e. The van der Waals surface area contributed by atoms with Gasteiger partial charge in [0.05, 0.1) is 11.8 Å². The highest BCUT2D eigenvalue weighted by Gasteiger charge is 2.21. The van der Waals surface area contributed by atoms with Crippen molar-refractivity contribution in [3.8, 4) is 11.5 Å². The van der Waals surface area contributed by atoms with Crippen LogP contribution in [0.25, 0.3) is 0 Å². The normalized spacial score (nSPS) is 11.0. The third-order valence-corrected chi connectivity index (χ3v) is 4.44. The van der Waals surface area contributed by atoms with Gasteiger partial charge in [0.15, 0.2) is 9.84 Å². The van der Waals surface area contributed by atoms with Crippen molar-refractivity contribution in [2.45, 2.75) is 4.90 Å². The van der Waals surface area contributed by atoms with Gasteiger partial charge in [0.2, 0.25) is 0 Å². The number of benzene rings is 1. The first-order valence-electron chi connectivity index (χ1n) is 5.95. The van der Waals surface area contributed by atoms with Gasteiger partial charge in [-0.1, -0.05) is 0 Å². The lowest BCUT2D eigenvalue weighted by atomic mass is 10.2. The van der Waals surface area contributed by atoms with Crippen molar-refractivity contribution in [2.24, 2.45) is 4.99 Å². The number of halogens is 1. The van der Waals surface area contributed by atoms with Crippen LogP contribution in [0.4, 0.5) is 0 Å². The molecule has 1 amide bonds. The van der Waals surface area contributed by atoms with E-state index in [2.05, 4.69) is 32.6 Å². The Morgan fingerprint density at radius 2 is 2.14 bits per heavy atom. The molecule has 0 atom stereocenters. The van der Waals surface area contributed by atoms with Crippen LogP contribution in [0, 0.1) is 0 Å². The molecule has 0 saturated heterocycles. The van der Waals surface area contributed by atoms with Gasteiger partial charge in [-0.05, 0) is 46.9 Å². The Hall–Kier alpha value is -2.06. The molecular weight excluding hydrogens is 372 g/mol. The van der Waals surface area contributed by atoms with Crippen molar-refractivity contribution >= 4 is 38.4 Å². The number of hydrogen-bond donors (Lipinski definition) is 0. The third kappa shape index (κ3) is 3.58. The zero-order valence-electron chi connectivity index (χ0n) is 11.5. The molecule has 8 heteroatoms.